The van der Waals surface area contributed by atoms with Gasteiger partial charge < -0.3 is 5.11 Å². The smallest absolute Gasteiger partial charge is 0.0540 e. The molecule has 0 aromatic carbocycles. The first-order valence-corrected chi connectivity index (χ1v) is 2.77. The Hall–Kier alpha value is -0.0400. The fourth-order valence-electron chi connectivity index (χ4n) is 0.439. The first kappa shape index (κ1) is 6.96. The summed E-state index contributed by atoms with van der Waals surface area (Å²) in [4.78, 5) is 0. The second-order valence-electron chi connectivity index (χ2n) is 1.71. The van der Waals surface area contributed by atoms with Crippen LogP contribution < -0.4 is 0 Å². The lowest BCUT2D eigenvalue weighted by atomic mass is 10.2. The third kappa shape index (κ3) is 3.80. The van der Waals surface area contributed by atoms with Crippen molar-refractivity contribution >= 4 is 0 Å². The highest BCUT2D eigenvalue weighted by atomic mass is 16.3. The lowest BCUT2D eigenvalue weighted by Crippen LogP contribution is -2.02. The topological polar surface area (TPSA) is 20.2 Å². The molecule has 1 atom stereocenters. The molecule has 0 spiro atoms. The van der Waals surface area contributed by atoms with E-state index < -0.39 is 0 Å². The number of aliphatic hydroxyl groups excluding tert-OH is 1. The third-order valence-electron chi connectivity index (χ3n) is 0.979. The maximum Gasteiger partial charge on any atom is 0.0540 e. The van der Waals surface area contributed by atoms with Crippen LogP contribution in [0.2, 0.25) is 0 Å². The van der Waals surface area contributed by atoms with Crippen LogP contribution in [0.1, 0.15) is 26.7 Å². The van der Waals surface area contributed by atoms with E-state index in [0.29, 0.717) is 0 Å². The second kappa shape index (κ2) is 4.13. The number of hydrogen-bond acceptors (Lipinski definition) is 1. The van der Waals surface area contributed by atoms with Gasteiger partial charge >= 0.3 is 0 Å². The largest absolute Gasteiger partial charge is 0.393 e. The van der Waals surface area contributed by atoms with Crippen LogP contribution in [0.25, 0.3) is 0 Å². The summed E-state index contributed by atoms with van der Waals surface area (Å²) in [6.07, 6.45) is 3.57. The minimum Gasteiger partial charge on any atom is -0.393 e. The van der Waals surface area contributed by atoms with E-state index in [1.54, 1.807) is 0 Å². The monoisotopic (exact) mass is 101 g/mol. The zero-order valence-electron chi connectivity index (χ0n) is 5.02. The summed E-state index contributed by atoms with van der Waals surface area (Å²) in [5, 5.41) is 8.83. The minimum absolute atomic E-state index is 0.106. The Labute approximate surface area is 45.4 Å². The molecule has 1 nitrogen and oxygen atoms in total. The van der Waals surface area contributed by atoms with Crippen molar-refractivity contribution in [2.24, 2.45) is 0 Å². The van der Waals surface area contributed by atoms with Crippen LogP contribution in [-0.2, 0) is 0 Å². The SMILES string of the molecule is C[CH]CC(O)CC. The minimum atomic E-state index is -0.106. The standard InChI is InChI=1S/C6H13O/c1-3-5-6(7)4-2/h3,6-7H,4-5H2,1-2H3. The van der Waals surface area contributed by atoms with Gasteiger partial charge in [0, 0.05) is 0 Å². The van der Waals surface area contributed by atoms with Crippen molar-refractivity contribution in [3.8, 4) is 0 Å². The van der Waals surface area contributed by atoms with Gasteiger partial charge in [0.15, 0.2) is 0 Å². The zero-order chi connectivity index (χ0) is 5.70. The lowest BCUT2D eigenvalue weighted by Gasteiger charge is -2.01. The van der Waals surface area contributed by atoms with Crippen molar-refractivity contribution < 1.29 is 5.11 Å². The second-order valence-corrected chi connectivity index (χ2v) is 1.71. The molecule has 0 saturated heterocycles. The summed E-state index contributed by atoms with van der Waals surface area (Å²) < 4.78 is 0. The lowest BCUT2D eigenvalue weighted by molar-refractivity contribution is 0.169. The molecule has 0 aliphatic rings. The predicted molar refractivity (Wildman–Crippen MR) is 30.9 cm³/mol. The van der Waals surface area contributed by atoms with E-state index in [0.717, 1.165) is 12.8 Å². The Morgan fingerprint density at radius 2 is 2.29 bits per heavy atom. The molecular weight excluding hydrogens is 88.1 g/mol. The van der Waals surface area contributed by atoms with E-state index in [1.165, 1.54) is 0 Å². The average molecular weight is 101 g/mol. The fourth-order valence-corrected chi connectivity index (χ4v) is 0.439. The molecule has 0 aliphatic carbocycles. The van der Waals surface area contributed by atoms with E-state index in [9.17, 15) is 0 Å². The fraction of sp³-hybridized carbons (Fsp3) is 0.833. The van der Waals surface area contributed by atoms with Crippen LogP contribution in [0, 0.1) is 6.42 Å². The van der Waals surface area contributed by atoms with Crippen LogP contribution in [-0.4, -0.2) is 11.2 Å². The molecule has 0 saturated carbocycles. The van der Waals surface area contributed by atoms with Gasteiger partial charge in [-0.3, -0.25) is 0 Å². The molecule has 1 radical (unpaired) electrons. The van der Waals surface area contributed by atoms with Crippen LogP contribution in [0.15, 0.2) is 0 Å². The third-order valence-corrected chi connectivity index (χ3v) is 0.979. The van der Waals surface area contributed by atoms with Gasteiger partial charge in [-0.15, -0.1) is 0 Å². The number of hydrogen-bond donors (Lipinski definition) is 1. The van der Waals surface area contributed by atoms with Gasteiger partial charge in [0.05, 0.1) is 6.10 Å². The Morgan fingerprint density at radius 3 is 2.43 bits per heavy atom. The van der Waals surface area contributed by atoms with Crippen molar-refractivity contribution in [1.29, 1.82) is 0 Å². The van der Waals surface area contributed by atoms with Crippen molar-refractivity contribution in [1.82, 2.24) is 0 Å². The normalized spacial score (nSPS) is 14.1. The maximum absolute atomic E-state index is 8.83. The van der Waals surface area contributed by atoms with E-state index in [-0.39, 0.29) is 6.10 Å². The highest BCUT2D eigenvalue weighted by Crippen LogP contribution is 1.97. The highest BCUT2D eigenvalue weighted by Gasteiger charge is 1.94. The highest BCUT2D eigenvalue weighted by molar-refractivity contribution is 4.62. The van der Waals surface area contributed by atoms with E-state index in [2.05, 4.69) is 0 Å². The number of rotatable bonds is 3. The Kier molecular flexibility index (Phi) is 4.10. The quantitative estimate of drug-likeness (QED) is 0.569. The molecule has 0 bridgehead atoms. The molecule has 0 rings (SSSR count). The van der Waals surface area contributed by atoms with Gasteiger partial charge in [0.25, 0.3) is 0 Å². The Bertz CT molecular complexity index is 35.2. The van der Waals surface area contributed by atoms with Crippen LogP contribution in [0.4, 0.5) is 0 Å². The van der Waals surface area contributed by atoms with Crippen molar-refractivity contribution in [3.05, 3.63) is 6.42 Å². The van der Waals surface area contributed by atoms with E-state index in [1.807, 2.05) is 20.3 Å². The molecule has 1 unspecified atom stereocenters. The van der Waals surface area contributed by atoms with Crippen molar-refractivity contribution in [3.63, 3.8) is 0 Å². The van der Waals surface area contributed by atoms with Crippen LogP contribution in [0.3, 0.4) is 0 Å². The Morgan fingerprint density at radius 1 is 1.71 bits per heavy atom. The summed E-state index contributed by atoms with van der Waals surface area (Å²) >= 11 is 0. The van der Waals surface area contributed by atoms with Crippen molar-refractivity contribution in [2.75, 3.05) is 0 Å². The summed E-state index contributed by atoms with van der Waals surface area (Å²) in [5.74, 6) is 0. The van der Waals surface area contributed by atoms with Gasteiger partial charge in [-0.05, 0) is 19.3 Å². The predicted octanol–water partition coefficient (Wildman–Crippen LogP) is 1.37. The molecule has 0 aromatic rings. The molecule has 7 heavy (non-hydrogen) atoms. The molecule has 0 aliphatic heterocycles. The van der Waals surface area contributed by atoms with Gasteiger partial charge in [-0.1, -0.05) is 13.8 Å². The summed E-state index contributed by atoms with van der Waals surface area (Å²) in [6.45, 7) is 3.94. The van der Waals surface area contributed by atoms with E-state index >= 15 is 0 Å². The van der Waals surface area contributed by atoms with Gasteiger partial charge in [0.2, 0.25) is 0 Å². The molecule has 1 heteroatoms. The van der Waals surface area contributed by atoms with Gasteiger partial charge in [0.1, 0.15) is 0 Å². The molecule has 0 heterocycles. The summed E-state index contributed by atoms with van der Waals surface area (Å²) in [5.41, 5.74) is 0. The van der Waals surface area contributed by atoms with Gasteiger partial charge in [-0.2, -0.15) is 0 Å². The molecular formula is C6H13O. The summed E-state index contributed by atoms with van der Waals surface area (Å²) in [7, 11) is 0. The molecule has 0 aromatic heterocycles. The van der Waals surface area contributed by atoms with Crippen LogP contribution >= 0.6 is 0 Å². The molecule has 1 N–H and O–H groups in total. The zero-order valence-corrected chi connectivity index (χ0v) is 5.02. The maximum atomic E-state index is 8.83. The molecule has 0 fully saturated rings. The van der Waals surface area contributed by atoms with Crippen molar-refractivity contribution in [2.45, 2.75) is 32.8 Å². The average Bonchev–Trinajstić information content (AvgIpc) is 1.68. The van der Waals surface area contributed by atoms with Crippen LogP contribution in [0.5, 0.6) is 0 Å². The number of aliphatic hydroxyl groups is 1. The first-order valence-electron chi connectivity index (χ1n) is 2.77. The first-order chi connectivity index (χ1) is 3.31. The van der Waals surface area contributed by atoms with Gasteiger partial charge in [-0.25, -0.2) is 0 Å². The molecule has 0 amide bonds. The van der Waals surface area contributed by atoms with E-state index in [4.69, 9.17) is 5.11 Å². The summed E-state index contributed by atoms with van der Waals surface area (Å²) in [6, 6.07) is 0. The molecule has 43 valence electrons. The Balaban J connectivity index is 2.83.